The van der Waals surface area contributed by atoms with Crippen molar-refractivity contribution >= 4 is 11.7 Å². The third-order valence-electron chi connectivity index (χ3n) is 7.02. The molecule has 4 bridgehead atoms. The lowest BCUT2D eigenvalue weighted by Gasteiger charge is -2.59. The number of rotatable bonds is 5. The van der Waals surface area contributed by atoms with Crippen LogP contribution in [0.1, 0.15) is 45.4 Å². The molecule has 1 unspecified atom stereocenters. The number of ether oxygens (including phenoxy) is 2. The first kappa shape index (κ1) is 17.5. The van der Waals surface area contributed by atoms with Crippen LogP contribution in [0.5, 0.6) is 11.5 Å². The molecule has 2 amide bonds. The Morgan fingerprint density at radius 1 is 1.04 bits per heavy atom. The van der Waals surface area contributed by atoms with E-state index in [0.717, 1.165) is 17.8 Å². The van der Waals surface area contributed by atoms with E-state index < -0.39 is 0 Å². The lowest BCUT2D eigenvalue weighted by Crippen LogP contribution is -2.56. The van der Waals surface area contributed by atoms with Gasteiger partial charge in [-0.3, -0.25) is 0 Å². The van der Waals surface area contributed by atoms with Crippen LogP contribution in [0, 0.1) is 23.2 Å². The Morgan fingerprint density at radius 2 is 1.54 bits per heavy atom. The molecular weight excluding hydrogens is 328 g/mol. The van der Waals surface area contributed by atoms with E-state index in [9.17, 15) is 4.79 Å². The molecule has 2 N–H and O–H groups in total. The summed E-state index contributed by atoms with van der Waals surface area (Å²) in [5.41, 5.74) is 0.865. The van der Waals surface area contributed by atoms with Crippen LogP contribution < -0.4 is 20.1 Å². The Labute approximate surface area is 155 Å². The van der Waals surface area contributed by atoms with Crippen LogP contribution in [0.15, 0.2) is 18.2 Å². The highest BCUT2D eigenvalue weighted by Gasteiger charge is 2.53. The number of anilines is 1. The first-order valence-corrected chi connectivity index (χ1v) is 9.81. The monoisotopic (exact) mass is 358 g/mol. The summed E-state index contributed by atoms with van der Waals surface area (Å²) in [5.74, 6) is 3.83. The second-order valence-electron chi connectivity index (χ2n) is 8.64. The zero-order chi connectivity index (χ0) is 18.3. The molecule has 5 rings (SSSR count). The predicted molar refractivity (Wildman–Crippen MR) is 102 cm³/mol. The van der Waals surface area contributed by atoms with E-state index in [2.05, 4.69) is 17.6 Å². The van der Waals surface area contributed by atoms with Gasteiger partial charge in [0.2, 0.25) is 0 Å². The van der Waals surface area contributed by atoms with Crippen molar-refractivity contribution < 1.29 is 14.3 Å². The molecule has 0 radical (unpaired) electrons. The number of methoxy groups -OCH3 is 2. The fourth-order valence-corrected chi connectivity index (χ4v) is 6.18. The lowest BCUT2D eigenvalue weighted by molar-refractivity contribution is -0.0679. The molecule has 142 valence electrons. The number of nitrogens with one attached hydrogen (secondary N) is 2. The summed E-state index contributed by atoms with van der Waals surface area (Å²) >= 11 is 0. The van der Waals surface area contributed by atoms with Gasteiger partial charge in [-0.05, 0) is 80.8 Å². The minimum atomic E-state index is -0.184. The number of carbonyl (C=O) groups is 1. The van der Waals surface area contributed by atoms with Gasteiger partial charge in [0.05, 0.1) is 14.2 Å². The van der Waals surface area contributed by atoms with Crippen LogP contribution >= 0.6 is 0 Å². The molecule has 5 heteroatoms. The largest absolute Gasteiger partial charge is 0.494 e. The summed E-state index contributed by atoms with van der Waals surface area (Å²) in [6, 6.07) is 5.48. The molecule has 1 atom stereocenters. The predicted octanol–water partition coefficient (Wildman–Crippen LogP) is 4.43. The third-order valence-corrected chi connectivity index (χ3v) is 7.02. The van der Waals surface area contributed by atoms with Gasteiger partial charge in [-0.1, -0.05) is 6.07 Å². The van der Waals surface area contributed by atoms with Crippen LogP contribution in [0.25, 0.3) is 0 Å². The van der Waals surface area contributed by atoms with Gasteiger partial charge in [0.15, 0.2) is 0 Å². The Kier molecular flexibility index (Phi) is 4.49. The molecule has 4 saturated carbocycles. The molecule has 4 aliphatic rings. The smallest absolute Gasteiger partial charge is 0.319 e. The van der Waals surface area contributed by atoms with Crippen LogP contribution in [0.2, 0.25) is 0 Å². The quantitative estimate of drug-likeness (QED) is 0.818. The number of carbonyl (C=O) groups excluding carboxylic acids is 1. The van der Waals surface area contributed by atoms with Gasteiger partial charge in [-0.15, -0.1) is 0 Å². The van der Waals surface area contributed by atoms with Gasteiger partial charge < -0.3 is 20.1 Å². The van der Waals surface area contributed by atoms with Crippen molar-refractivity contribution in [1.29, 1.82) is 0 Å². The van der Waals surface area contributed by atoms with Crippen molar-refractivity contribution in [3.05, 3.63) is 18.2 Å². The van der Waals surface area contributed by atoms with E-state index in [-0.39, 0.29) is 17.5 Å². The Bertz CT molecular complexity index is 630. The van der Waals surface area contributed by atoms with E-state index in [1.54, 1.807) is 14.2 Å². The molecule has 26 heavy (non-hydrogen) atoms. The van der Waals surface area contributed by atoms with Crippen LogP contribution in [0.3, 0.4) is 0 Å². The topological polar surface area (TPSA) is 59.6 Å². The zero-order valence-electron chi connectivity index (χ0n) is 16.0. The average molecular weight is 358 g/mol. The van der Waals surface area contributed by atoms with Crippen molar-refractivity contribution in [1.82, 2.24) is 5.32 Å². The number of benzene rings is 1. The van der Waals surface area contributed by atoms with Gasteiger partial charge in [0.1, 0.15) is 17.2 Å². The lowest BCUT2D eigenvalue weighted by atomic mass is 9.48. The standard InChI is InChI=1S/C21H30N2O3/c1-13(21-10-14-7-15(11-21)9-16(8-14)12-21)22-20(24)23-19-17(25-2)5-4-6-18(19)26-3/h4-6,13-16H,7-12H2,1-3H3,(H2,22,23,24). The van der Waals surface area contributed by atoms with Gasteiger partial charge >= 0.3 is 6.03 Å². The fraction of sp³-hybridized carbons (Fsp3) is 0.667. The first-order valence-electron chi connectivity index (χ1n) is 9.81. The Morgan fingerprint density at radius 3 is 2.00 bits per heavy atom. The van der Waals surface area contributed by atoms with Gasteiger partial charge in [-0.25, -0.2) is 4.79 Å². The number of hydrogen-bond donors (Lipinski definition) is 2. The molecular formula is C21H30N2O3. The van der Waals surface area contributed by atoms with Gasteiger partial charge in [0.25, 0.3) is 0 Å². The molecule has 4 fully saturated rings. The molecule has 0 saturated heterocycles. The second kappa shape index (κ2) is 6.67. The van der Waals surface area contributed by atoms with Crippen LogP contribution in [-0.2, 0) is 0 Å². The summed E-state index contributed by atoms with van der Waals surface area (Å²) in [7, 11) is 3.19. The van der Waals surface area contributed by atoms with E-state index in [1.807, 2.05) is 18.2 Å². The normalized spacial score (nSPS) is 32.8. The maximum absolute atomic E-state index is 12.7. The van der Waals surface area contributed by atoms with E-state index in [0.29, 0.717) is 17.2 Å². The minimum absolute atomic E-state index is 0.177. The molecule has 0 heterocycles. The van der Waals surface area contributed by atoms with Crippen molar-refractivity contribution in [3.63, 3.8) is 0 Å². The fourth-order valence-electron chi connectivity index (χ4n) is 6.18. The summed E-state index contributed by atoms with van der Waals surface area (Å²) in [5, 5.41) is 6.17. The molecule has 0 aliphatic heterocycles. The number of hydrogen-bond acceptors (Lipinski definition) is 3. The van der Waals surface area contributed by atoms with E-state index in [4.69, 9.17) is 9.47 Å². The Hall–Kier alpha value is -1.91. The minimum Gasteiger partial charge on any atom is -0.494 e. The number of para-hydroxylation sites is 1. The maximum atomic E-state index is 12.7. The number of urea groups is 1. The number of amides is 2. The van der Waals surface area contributed by atoms with Gasteiger partial charge in [-0.2, -0.15) is 0 Å². The van der Waals surface area contributed by atoms with Crippen LogP contribution in [-0.4, -0.2) is 26.3 Å². The average Bonchev–Trinajstić information content (AvgIpc) is 2.60. The van der Waals surface area contributed by atoms with Crippen LogP contribution in [0.4, 0.5) is 10.5 Å². The van der Waals surface area contributed by atoms with Crippen molar-refractivity contribution in [2.24, 2.45) is 23.2 Å². The second-order valence-corrected chi connectivity index (χ2v) is 8.64. The summed E-state index contributed by atoms with van der Waals surface area (Å²) in [6.45, 7) is 2.19. The molecule has 0 aromatic heterocycles. The molecule has 4 aliphatic carbocycles. The highest BCUT2D eigenvalue weighted by molar-refractivity contribution is 5.93. The van der Waals surface area contributed by atoms with Crippen molar-refractivity contribution in [2.45, 2.75) is 51.5 Å². The molecule has 0 spiro atoms. The third kappa shape index (κ3) is 3.01. The summed E-state index contributed by atoms with van der Waals surface area (Å²) in [4.78, 5) is 12.7. The van der Waals surface area contributed by atoms with Crippen molar-refractivity contribution in [2.75, 3.05) is 19.5 Å². The maximum Gasteiger partial charge on any atom is 0.319 e. The molecule has 5 nitrogen and oxygen atoms in total. The highest BCUT2D eigenvalue weighted by Crippen LogP contribution is 2.61. The summed E-state index contributed by atoms with van der Waals surface area (Å²) in [6.07, 6.45) is 8.07. The Balaban J connectivity index is 1.46. The molecule has 1 aromatic rings. The highest BCUT2D eigenvalue weighted by atomic mass is 16.5. The van der Waals surface area contributed by atoms with Crippen molar-refractivity contribution in [3.8, 4) is 11.5 Å². The summed E-state index contributed by atoms with van der Waals surface area (Å²) < 4.78 is 10.7. The van der Waals surface area contributed by atoms with Gasteiger partial charge in [0, 0.05) is 6.04 Å². The molecule has 1 aromatic carbocycles. The SMILES string of the molecule is COc1cccc(OC)c1NC(=O)NC(C)C12CC3CC(CC(C3)C1)C2. The zero-order valence-corrected chi connectivity index (χ0v) is 16.0. The first-order chi connectivity index (χ1) is 12.5. The van der Waals surface area contributed by atoms with E-state index in [1.165, 1.54) is 38.5 Å². The van der Waals surface area contributed by atoms with E-state index >= 15 is 0 Å².